The molecular weight excluding hydrogens is 452 g/mol. The quantitative estimate of drug-likeness (QED) is 0.396. The number of aliphatic hydroxyl groups is 1. The molecule has 0 fully saturated rings. The Morgan fingerprint density at radius 1 is 1.00 bits per heavy atom. The predicted molar refractivity (Wildman–Crippen MR) is 117 cm³/mol. The minimum atomic E-state index is -0.954. The number of Topliss-reactive ketones (excluding diaryl/α,β-unsaturated/α-hetero) is 1. The molecule has 3 aromatic rings. The first-order valence-electron chi connectivity index (χ1n) is 9.78. The summed E-state index contributed by atoms with van der Waals surface area (Å²) in [4.78, 5) is 12.3. The number of rotatable bonds is 10. The maximum atomic E-state index is 12.3. The van der Waals surface area contributed by atoms with Crippen molar-refractivity contribution >= 4 is 5.78 Å². The summed E-state index contributed by atoms with van der Waals surface area (Å²) in [7, 11) is 6.14. The summed E-state index contributed by atoms with van der Waals surface area (Å²) in [6.45, 7) is -0.421. The molecule has 0 aliphatic rings. The van der Waals surface area contributed by atoms with Crippen LogP contribution in [0.25, 0.3) is 22.4 Å². The molecule has 2 aromatic carbocycles. The van der Waals surface area contributed by atoms with Crippen molar-refractivity contribution in [3.05, 3.63) is 42.2 Å². The van der Waals surface area contributed by atoms with Crippen LogP contribution in [-0.2, 0) is 11.2 Å². The van der Waals surface area contributed by atoms with Crippen LogP contribution in [0, 0.1) is 0 Å². The molecule has 0 radical (unpaired) electrons. The highest BCUT2D eigenvalue weighted by Gasteiger charge is 2.21. The van der Waals surface area contributed by atoms with E-state index in [2.05, 4.69) is 5.16 Å². The lowest BCUT2D eigenvalue weighted by Gasteiger charge is -2.14. The van der Waals surface area contributed by atoms with Crippen molar-refractivity contribution in [3.8, 4) is 45.4 Å². The molecule has 178 valence electrons. The summed E-state index contributed by atoms with van der Waals surface area (Å²) < 4.78 is 26.9. The van der Waals surface area contributed by atoms with Crippen LogP contribution in [0.1, 0.15) is 5.56 Å². The van der Waals surface area contributed by atoms with E-state index in [0.29, 0.717) is 45.4 Å². The fourth-order valence-electron chi connectivity index (χ4n) is 3.37. The molecular formula is C23H26ClN2O7-. The lowest BCUT2D eigenvalue weighted by atomic mass is 9.97. The Hall–Kier alpha value is -3.27. The monoisotopic (exact) mass is 477 g/mol. The molecule has 0 aliphatic carbocycles. The normalized spacial score (nSPS) is 11.3. The molecule has 3 rings (SSSR count). The smallest absolute Gasteiger partial charge is 0.203 e. The van der Waals surface area contributed by atoms with Crippen LogP contribution in [0.2, 0.25) is 0 Å². The molecule has 0 bridgehead atoms. The summed E-state index contributed by atoms with van der Waals surface area (Å²) >= 11 is 0. The van der Waals surface area contributed by atoms with Gasteiger partial charge in [-0.15, -0.1) is 0 Å². The number of aliphatic hydroxyl groups excluding tert-OH is 1. The van der Waals surface area contributed by atoms with E-state index >= 15 is 0 Å². The van der Waals surface area contributed by atoms with E-state index in [4.69, 9.17) is 29.2 Å². The second kappa shape index (κ2) is 11.6. The van der Waals surface area contributed by atoms with E-state index in [1.54, 1.807) is 38.5 Å². The SMILES string of the molecule is COc1ccc(-c2nocc2-c2cc(OC)c(OC)c(OC)c2)cc1CC(=O)[C@@H](N)CO.[Cl-]. The Bertz CT molecular complexity index is 1080. The predicted octanol–water partition coefficient (Wildman–Crippen LogP) is -0.522. The third kappa shape index (κ3) is 5.39. The van der Waals surface area contributed by atoms with Crippen molar-refractivity contribution < 1.29 is 45.8 Å². The second-order valence-electron chi connectivity index (χ2n) is 6.95. The van der Waals surface area contributed by atoms with Gasteiger partial charge in [0.05, 0.1) is 41.1 Å². The molecule has 1 heterocycles. The maximum absolute atomic E-state index is 12.3. The summed E-state index contributed by atoms with van der Waals surface area (Å²) in [5.74, 6) is 1.70. The van der Waals surface area contributed by atoms with Crippen molar-refractivity contribution in [3.63, 3.8) is 0 Å². The fourth-order valence-corrected chi connectivity index (χ4v) is 3.37. The van der Waals surface area contributed by atoms with E-state index in [1.165, 1.54) is 20.5 Å². The number of ether oxygens (including phenoxy) is 4. The average molecular weight is 478 g/mol. The number of carbonyl (C=O) groups is 1. The van der Waals surface area contributed by atoms with E-state index in [0.717, 1.165) is 5.56 Å². The highest BCUT2D eigenvalue weighted by atomic mass is 35.5. The Morgan fingerprint density at radius 2 is 1.64 bits per heavy atom. The zero-order valence-electron chi connectivity index (χ0n) is 18.8. The third-order valence-corrected chi connectivity index (χ3v) is 5.07. The van der Waals surface area contributed by atoms with Crippen LogP contribution in [0.15, 0.2) is 41.1 Å². The first kappa shape index (κ1) is 26.0. The Labute approximate surface area is 197 Å². The topological polar surface area (TPSA) is 126 Å². The Balaban J connectivity index is 0.00000385. The zero-order valence-corrected chi connectivity index (χ0v) is 19.5. The highest BCUT2D eigenvalue weighted by molar-refractivity contribution is 5.88. The summed E-state index contributed by atoms with van der Waals surface area (Å²) in [5, 5.41) is 13.3. The van der Waals surface area contributed by atoms with Crippen LogP contribution in [0.3, 0.4) is 0 Å². The molecule has 0 saturated heterocycles. The van der Waals surface area contributed by atoms with Crippen LogP contribution < -0.4 is 37.1 Å². The molecule has 0 unspecified atom stereocenters. The fraction of sp³-hybridized carbons (Fsp3) is 0.304. The third-order valence-electron chi connectivity index (χ3n) is 5.07. The van der Waals surface area contributed by atoms with Gasteiger partial charge in [0.1, 0.15) is 17.7 Å². The van der Waals surface area contributed by atoms with Gasteiger partial charge < -0.3 is 46.7 Å². The maximum Gasteiger partial charge on any atom is 0.203 e. The number of benzene rings is 2. The Kier molecular flexibility index (Phi) is 9.10. The van der Waals surface area contributed by atoms with E-state index in [9.17, 15) is 9.90 Å². The first-order valence-corrected chi connectivity index (χ1v) is 9.78. The minimum absolute atomic E-state index is 0. The lowest BCUT2D eigenvalue weighted by Crippen LogP contribution is -3.00. The standard InChI is InChI=1S/C23H26N2O7.ClH/c1-28-19-6-5-13(7-15(19)8-18(27)17(24)11-26)22-16(12-32-25-22)14-9-20(29-2)23(31-4)21(10-14)30-3;/h5-7,9-10,12,17,26H,8,11,24H2,1-4H3;1H/p-1/t17-;/m0./s1. The first-order chi connectivity index (χ1) is 15.5. The van der Waals surface area contributed by atoms with Crippen molar-refractivity contribution in [2.75, 3.05) is 35.0 Å². The zero-order chi connectivity index (χ0) is 23.3. The van der Waals surface area contributed by atoms with Gasteiger partial charge in [0.25, 0.3) is 0 Å². The summed E-state index contributed by atoms with van der Waals surface area (Å²) in [6, 6.07) is 8.00. The van der Waals surface area contributed by atoms with E-state index in [-0.39, 0.29) is 24.6 Å². The number of aromatic nitrogens is 1. The van der Waals surface area contributed by atoms with Gasteiger partial charge in [0.15, 0.2) is 17.3 Å². The van der Waals surface area contributed by atoms with Crippen molar-refractivity contribution in [1.82, 2.24) is 5.16 Å². The summed E-state index contributed by atoms with van der Waals surface area (Å²) in [5.41, 5.74) is 8.99. The van der Waals surface area contributed by atoms with Gasteiger partial charge in [0.2, 0.25) is 5.75 Å². The highest BCUT2D eigenvalue weighted by Crippen LogP contribution is 2.43. The molecule has 0 saturated carbocycles. The number of halogens is 1. The van der Waals surface area contributed by atoms with Crippen molar-refractivity contribution in [2.24, 2.45) is 5.73 Å². The second-order valence-corrected chi connectivity index (χ2v) is 6.95. The Morgan fingerprint density at radius 3 is 2.18 bits per heavy atom. The molecule has 33 heavy (non-hydrogen) atoms. The number of methoxy groups -OCH3 is 4. The minimum Gasteiger partial charge on any atom is -1.00 e. The van der Waals surface area contributed by atoms with Gasteiger partial charge in [-0.1, -0.05) is 5.16 Å². The lowest BCUT2D eigenvalue weighted by molar-refractivity contribution is -0.120. The van der Waals surface area contributed by atoms with Gasteiger partial charge in [-0.25, -0.2) is 0 Å². The largest absolute Gasteiger partial charge is 1.00 e. The number of hydrogen-bond donors (Lipinski definition) is 2. The molecule has 1 atom stereocenters. The number of nitrogens with zero attached hydrogens (tertiary/aromatic N) is 1. The molecule has 1 aromatic heterocycles. The summed E-state index contributed by atoms with van der Waals surface area (Å²) in [6.07, 6.45) is 1.53. The van der Waals surface area contributed by atoms with Gasteiger partial charge in [-0.05, 0) is 35.9 Å². The van der Waals surface area contributed by atoms with Gasteiger partial charge in [-0.2, -0.15) is 0 Å². The van der Waals surface area contributed by atoms with Crippen LogP contribution in [-0.4, -0.2) is 57.1 Å². The van der Waals surface area contributed by atoms with Crippen LogP contribution >= 0.6 is 0 Å². The van der Waals surface area contributed by atoms with Crippen LogP contribution in [0.5, 0.6) is 23.0 Å². The van der Waals surface area contributed by atoms with Gasteiger partial charge in [0, 0.05) is 23.1 Å². The van der Waals surface area contributed by atoms with E-state index in [1.807, 2.05) is 6.07 Å². The van der Waals surface area contributed by atoms with Crippen LogP contribution in [0.4, 0.5) is 0 Å². The molecule has 9 nitrogen and oxygen atoms in total. The average Bonchev–Trinajstić information content (AvgIpc) is 3.32. The molecule has 3 N–H and O–H groups in total. The number of ketones is 1. The van der Waals surface area contributed by atoms with E-state index < -0.39 is 12.6 Å². The molecule has 10 heteroatoms. The molecule has 0 amide bonds. The van der Waals surface area contributed by atoms with Gasteiger partial charge in [-0.3, -0.25) is 4.79 Å². The molecule has 0 spiro atoms. The number of nitrogens with two attached hydrogens (primary N) is 1. The van der Waals surface area contributed by atoms with Crippen molar-refractivity contribution in [2.45, 2.75) is 12.5 Å². The van der Waals surface area contributed by atoms with Gasteiger partial charge >= 0.3 is 0 Å². The van der Waals surface area contributed by atoms with Crippen molar-refractivity contribution in [1.29, 1.82) is 0 Å². The molecule has 0 aliphatic heterocycles. The number of carbonyl (C=O) groups excluding carboxylic acids is 1. The number of hydrogen-bond acceptors (Lipinski definition) is 9.